The first kappa shape index (κ1) is 12.3. The Hall–Kier alpha value is -0.820. The summed E-state index contributed by atoms with van der Waals surface area (Å²) >= 11 is 0. The number of hydrogen-bond acceptors (Lipinski definition) is 1. The standard InChI is InChI=1S/C12H17N.C2H6/c1-9-7-10-5-3-4-6-11(10)12(8-9)13-2;1-2/h3-6,9,12-13H,7-8H2,1-2H3;1-2H3. The SMILES string of the molecule is CC.CNC1CC(C)Cc2ccccc21. The fourth-order valence-electron chi connectivity index (χ4n) is 2.32. The Balaban J connectivity index is 0.000000531. The molecule has 1 aliphatic carbocycles. The van der Waals surface area contributed by atoms with Gasteiger partial charge in [-0.05, 0) is 36.9 Å². The van der Waals surface area contributed by atoms with Gasteiger partial charge in [-0.25, -0.2) is 0 Å². The minimum Gasteiger partial charge on any atom is -0.313 e. The van der Waals surface area contributed by atoms with Crippen molar-refractivity contribution in [2.24, 2.45) is 5.92 Å². The van der Waals surface area contributed by atoms with Gasteiger partial charge in [-0.3, -0.25) is 0 Å². The van der Waals surface area contributed by atoms with Gasteiger partial charge in [0.15, 0.2) is 0 Å². The molecule has 84 valence electrons. The number of hydrogen-bond donors (Lipinski definition) is 1. The Bertz CT molecular complexity index is 293. The topological polar surface area (TPSA) is 12.0 Å². The zero-order valence-corrected chi connectivity index (χ0v) is 10.4. The van der Waals surface area contributed by atoms with Gasteiger partial charge in [0, 0.05) is 6.04 Å². The first-order chi connectivity index (χ1) is 7.31. The molecule has 1 aromatic carbocycles. The smallest absolute Gasteiger partial charge is 0.0322 e. The number of nitrogens with one attached hydrogen (secondary N) is 1. The minimum atomic E-state index is 0.569. The Morgan fingerprint density at radius 2 is 1.87 bits per heavy atom. The molecule has 0 bridgehead atoms. The Labute approximate surface area is 93.9 Å². The zero-order valence-electron chi connectivity index (χ0n) is 10.4. The predicted molar refractivity (Wildman–Crippen MR) is 67.1 cm³/mol. The molecule has 0 heterocycles. The Kier molecular flexibility index (Phi) is 4.83. The van der Waals surface area contributed by atoms with Crippen LogP contribution in [0.1, 0.15) is 44.4 Å². The van der Waals surface area contributed by atoms with Crippen molar-refractivity contribution in [3.05, 3.63) is 35.4 Å². The van der Waals surface area contributed by atoms with E-state index < -0.39 is 0 Å². The predicted octanol–water partition coefficient (Wildman–Crippen LogP) is 3.56. The van der Waals surface area contributed by atoms with Gasteiger partial charge in [-0.15, -0.1) is 0 Å². The van der Waals surface area contributed by atoms with Crippen molar-refractivity contribution in [2.45, 2.75) is 39.7 Å². The highest BCUT2D eigenvalue weighted by atomic mass is 14.9. The first-order valence-electron chi connectivity index (χ1n) is 6.06. The summed E-state index contributed by atoms with van der Waals surface area (Å²) in [6.07, 6.45) is 2.52. The molecule has 0 aromatic heterocycles. The second-order valence-corrected chi connectivity index (χ2v) is 4.09. The second kappa shape index (κ2) is 5.92. The molecule has 15 heavy (non-hydrogen) atoms. The molecule has 0 amide bonds. The summed E-state index contributed by atoms with van der Waals surface area (Å²) in [4.78, 5) is 0. The van der Waals surface area contributed by atoms with Crippen LogP contribution in [-0.4, -0.2) is 7.05 Å². The summed E-state index contributed by atoms with van der Waals surface area (Å²) in [7, 11) is 2.06. The summed E-state index contributed by atoms with van der Waals surface area (Å²) in [5.41, 5.74) is 3.03. The summed E-state index contributed by atoms with van der Waals surface area (Å²) in [5.74, 6) is 0.812. The van der Waals surface area contributed by atoms with Crippen LogP contribution in [0.3, 0.4) is 0 Å². The molecule has 1 aliphatic rings. The van der Waals surface area contributed by atoms with Gasteiger partial charge in [-0.2, -0.15) is 0 Å². The Morgan fingerprint density at radius 3 is 2.53 bits per heavy atom. The molecular formula is C14H23N. The third-order valence-electron chi connectivity index (χ3n) is 2.99. The number of fused-ring (bicyclic) bond motifs is 1. The van der Waals surface area contributed by atoms with Crippen LogP contribution in [0.5, 0.6) is 0 Å². The van der Waals surface area contributed by atoms with Crippen LogP contribution in [0.2, 0.25) is 0 Å². The zero-order chi connectivity index (χ0) is 11.3. The molecule has 0 spiro atoms. The largest absolute Gasteiger partial charge is 0.313 e. The van der Waals surface area contributed by atoms with Crippen molar-refractivity contribution in [3.8, 4) is 0 Å². The third-order valence-corrected chi connectivity index (χ3v) is 2.99. The molecule has 0 saturated heterocycles. The van der Waals surface area contributed by atoms with E-state index in [1.165, 1.54) is 24.0 Å². The van der Waals surface area contributed by atoms with E-state index in [4.69, 9.17) is 0 Å². The molecule has 0 saturated carbocycles. The fourth-order valence-corrected chi connectivity index (χ4v) is 2.32. The molecule has 2 atom stereocenters. The lowest BCUT2D eigenvalue weighted by molar-refractivity contribution is 0.399. The third kappa shape index (κ3) is 2.82. The van der Waals surface area contributed by atoms with E-state index in [-0.39, 0.29) is 0 Å². The van der Waals surface area contributed by atoms with Gasteiger partial charge in [-0.1, -0.05) is 45.0 Å². The highest BCUT2D eigenvalue weighted by Gasteiger charge is 2.22. The highest BCUT2D eigenvalue weighted by Crippen LogP contribution is 2.32. The van der Waals surface area contributed by atoms with E-state index in [0.717, 1.165) is 5.92 Å². The molecule has 1 nitrogen and oxygen atoms in total. The summed E-state index contributed by atoms with van der Waals surface area (Å²) in [5, 5.41) is 3.39. The summed E-state index contributed by atoms with van der Waals surface area (Å²) in [6, 6.07) is 9.36. The van der Waals surface area contributed by atoms with Crippen LogP contribution in [0.15, 0.2) is 24.3 Å². The maximum absolute atomic E-state index is 3.39. The van der Waals surface area contributed by atoms with Crippen LogP contribution in [-0.2, 0) is 6.42 Å². The van der Waals surface area contributed by atoms with Crippen LogP contribution in [0, 0.1) is 5.92 Å². The molecule has 1 heteroatoms. The number of benzene rings is 1. The van der Waals surface area contributed by atoms with E-state index in [2.05, 4.69) is 43.6 Å². The molecule has 1 N–H and O–H groups in total. The average molecular weight is 205 g/mol. The van der Waals surface area contributed by atoms with Gasteiger partial charge in [0.25, 0.3) is 0 Å². The number of rotatable bonds is 1. The highest BCUT2D eigenvalue weighted by molar-refractivity contribution is 5.32. The average Bonchev–Trinajstić information content (AvgIpc) is 2.30. The van der Waals surface area contributed by atoms with Crippen molar-refractivity contribution in [1.29, 1.82) is 0 Å². The molecule has 2 rings (SSSR count). The molecular weight excluding hydrogens is 182 g/mol. The van der Waals surface area contributed by atoms with Crippen LogP contribution >= 0.6 is 0 Å². The van der Waals surface area contributed by atoms with Crippen LogP contribution in [0.25, 0.3) is 0 Å². The molecule has 0 fully saturated rings. The van der Waals surface area contributed by atoms with E-state index in [1.807, 2.05) is 13.8 Å². The van der Waals surface area contributed by atoms with Crippen molar-refractivity contribution < 1.29 is 0 Å². The molecule has 0 aliphatic heterocycles. The quantitative estimate of drug-likeness (QED) is 0.739. The lowest BCUT2D eigenvalue weighted by atomic mass is 9.82. The van der Waals surface area contributed by atoms with Crippen molar-refractivity contribution in [1.82, 2.24) is 5.32 Å². The van der Waals surface area contributed by atoms with Crippen LogP contribution in [0.4, 0.5) is 0 Å². The van der Waals surface area contributed by atoms with Gasteiger partial charge in [0.05, 0.1) is 0 Å². The Morgan fingerprint density at radius 1 is 1.20 bits per heavy atom. The van der Waals surface area contributed by atoms with Gasteiger partial charge >= 0.3 is 0 Å². The maximum atomic E-state index is 3.39. The van der Waals surface area contributed by atoms with E-state index in [0.29, 0.717) is 6.04 Å². The second-order valence-electron chi connectivity index (χ2n) is 4.09. The summed E-state index contributed by atoms with van der Waals surface area (Å²) < 4.78 is 0. The first-order valence-corrected chi connectivity index (χ1v) is 6.06. The van der Waals surface area contributed by atoms with E-state index in [9.17, 15) is 0 Å². The summed E-state index contributed by atoms with van der Waals surface area (Å²) in [6.45, 7) is 6.33. The van der Waals surface area contributed by atoms with Gasteiger partial charge in [0.2, 0.25) is 0 Å². The molecule has 2 unspecified atom stereocenters. The van der Waals surface area contributed by atoms with E-state index in [1.54, 1.807) is 0 Å². The lowest BCUT2D eigenvalue weighted by Crippen LogP contribution is -2.25. The van der Waals surface area contributed by atoms with Gasteiger partial charge < -0.3 is 5.32 Å². The molecule has 0 radical (unpaired) electrons. The van der Waals surface area contributed by atoms with Crippen molar-refractivity contribution in [2.75, 3.05) is 7.05 Å². The maximum Gasteiger partial charge on any atom is 0.0322 e. The monoisotopic (exact) mass is 205 g/mol. The lowest BCUT2D eigenvalue weighted by Gasteiger charge is -2.29. The van der Waals surface area contributed by atoms with Gasteiger partial charge in [0.1, 0.15) is 0 Å². The van der Waals surface area contributed by atoms with Crippen molar-refractivity contribution >= 4 is 0 Å². The molecule has 1 aromatic rings. The van der Waals surface area contributed by atoms with E-state index >= 15 is 0 Å². The normalized spacial score (nSPS) is 23.7. The fraction of sp³-hybridized carbons (Fsp3) is 0.571. The minimum absolute atomic E-state index is 0.569. The van der Waals surface area contributed by atoms with Crippen LogP contribution < -0.4 is 5.32 Å². The van der Waals surface area contributed by atoms with Crippen molar-refractivity contribution in [3.63, 3.8) is 0 Å².